The number of methoxy groups -OCH3 is 1. The van der Waals surface area contributed by atoms with Gasteiger partial charge in [-0.2, -0.15) is 11.8 Å². The number of nitrogens with one attached hydrogen (secondary N) is 2. The zero-order valence-electron chi connectivity index (χ0n) is 30.5. The molecule has 0 aliphatic carbocycles. The van der Waals surface area contributed by atoms with Gasteiger partial charge in [0.25, 0.3) is 11.4 Å². The van der Waals surface area contributed by atoms with Crippen LogP contribution in [0.2, 0.25) is 0 Å². The summed E-state index contributed by atoms with van der Waals surface area (Å²) in [5.41, 5.74) is 0.837. The number of nitrogens with zero attached hydrogens (tertiary/aromatic N) is 3. The van der Waals surface area contributed by atoms with Crippen LogP contribution in [-0.4, -0.2) is 77.8 Å². The van der Waals surface area contributed by atoms with Crippen molar-refractivity contribution in [1.29, 1.82) is 0 Å². The molecule has 0 spiro atoms. The molecule has 0 fully saturated rings. The lowest BCUT2D eigenvalue weighted by molar-refractivity contribution is -0.394. The highest BCUT2D eigenvalue weighted by atomic mass is 32.2. The number of unbranched alkanes of at least 4 members (excludes halogenated alkanes) is 3. The Morgan fingerprint density at radius 2 is 1.53 bits per heavy atom. The predicted octanol–water partition coefficient (Wildman–Crippen LogP) is 6.84. The zero-order valence-corrected chi connectivity index (χ0v) is 31.3. The summed E-state index contributed by atoms with van der Waals surface area (Å²) in [4.78, 5) is 59.2. The monoisotopic (exact) mass is 727 g/mol. The number of amides is 2. The van der Waals surface area contributed by atoms with Gasteiger partial charge in [-0.1, -0.05) is 82.5 Å². The standard InChI is InChI=1S/C30H35N5O8.C4H10.C3H8S/c1-43-30(38)19-32-29(37)21-33(20-24-11-7-10-22-8-5-6-12-26(22)24)17-16-31-28(36)13-4-2-3-9-23-14-15-25(34(39)40)18-27(23)35(41)42;2*1-3-4-2/h5-8,10-12,14-15,18H,2-4,9,13,16-17,19-21H2,1H3,(H,31,36)(H,32,37);3-4H2,1-2H3;3H2,1-2H3. The summed E-state index contributed by atoms with van der Waals surface area (Å²) in [6.07, 6.45) is 7.19. The van der Waals surface area contributed by atoms with Crippen molar-refractivity contribution >= 4 is 51.7 Å². The van der Waals surface area contributed by atoms with E-state index in [9.17, 15) is 34.6 Å². The van der Waals surface area contributed by atoms with Gasteiger partial charge < -0.3 is 15.4 Å². The van der Waals surface area contributed by atoms with Crippen molar-refractivity contribution in [3.63, 3.8) is 0 Å². The molecule has 0 radical (unpaired) electrons. The minimum absolute atomic E-state index is 0.0187. The van der Waals surface area contributed by atoms with Crippen LogP contribution in [0.5, 0.6) is 0 Å². The van der Waals surface area contributed by atoms with E-state index in [1.165, 1.54) is 37.8 Å². The first-order chi connectivity index (χ1) is 24.5. The van der Waals surface area contributed by atoms with Crippen molar-refractivity contribution in [1.82, 2.24) is 15.5 Å². The number of benzene rings is 3. The summed E-state index contributed by atoms with van der Waals surface area (Å²) in [5.74, 6) is 0.193. The van der Waals surface area contributed by atoms with E-state index in [1.54, 1.807) is 0 Å². The Hall–Kier alpha value is -4.56. The molecule has 3 rings (SSSR count). The third-order valence-corrected chi connectivity index (χ3v) is 8.24. The molecule has 0 saturated heterocycles. The first-order valence-electron chi connectivity index (χ1n) is 17.2. The van der Waals surface area contributed by atoms with E-state index in [4.69, 9.17) is 0 Å². The van der Waals surface area contributed by atoms with Crippen LogP contribution in [0, 0.1) is 20.2 Å². The summed E-state index contributed by atoms with van der Waals surface area (Å²) in [7, 11) is 1.25. The fraction of sp³-hybridized carbons (Fsp3) is 0.486. The SMILES string of the molecule is CCCC.CCSC.COC(=O)CNC(=O)CN(CCNC(=O)CCCCCc1ccc([N+](=O)[O-])cc1[N+](=O)[O-])Cc1cccc2ccccc12. The molecule has 0 aromatic heterocycles. The van der Waals surface area contributed by atoms with Crippen LogP contribution in [0.3, 0.4) is 0 Å². The van der Waals surface area contributed by atoms with Crippen LogP contribution >= 0.6 is 11.8 Å². The summed E-state index contributed by atoms with van der Waals surface area (Å²) in [5, 5.41) is 29.8. The highest BCUT2D eigenvalue weighted by Crippen LogP contribution is 2.26. The molecule has 0 unspecified atom stereocenters. The van der Waals surface area contributed by atoms with E-state index in [1.807, 2.05) is 59.1 Å². The van der Waals surface area contributed by atoms with Gasteiger partial charge in [0.2, 0.25) is 11.8 Å². The normalized spacial score (nSPS) is 10.3. The van der Waals surface area contributed by atoms with Crippen LogP contribution < -0.4 is 10.6 Å². The second-order valence-electron chi connectivity index (χ2n) is 11.5. The summed E-state index contributed by atoms with van der Waals surface area (Å²) in [6.45, 7) is 7.45. The van der Waals surface area contributed by atoms with Crippen molar-refractivity contribution in [3.8, 4) is 0 Å². The Morgan fingerprint density at radius 1 is 0.843 bits per heavy atom. The molecule has 13 nitrogen and oxygen atoms in total. The lowest BCUT2D eigenvalue weighted by atomic mass is 10.0. The first kappa shape index (κ1) is 44.5. The quantitative estimate of drug-likeness (QED) is 0.0576. The first-order valence-corrected chi connectivity index (χ1v) is 18.6. The average molecular weight is 728 g/mol. The van der Waals surface area contributed by atoms with E-state index in [2.05, 4.69) is 42.4 Å². The number of carbonyl (C=O) groups excluding carboxylic acids is 3. The molecular formula is C37H53N5O8S. The van der Waals surface area contributed by atoms with Crippen molar-refractivity contribution in [2.75, 3.05) is 45.3 Å². The van der Waals surface area contributed by atoms with E-state index in [0.717, 1.165) is 22.4 Å². The molecular weight excluding hydrogens is 675 g/mol. The van der Waals surface area contributed by atoms with Gasteiger partial charge in [-0.05, 0) is 53.7 Å². The Kier molecular flexibility index (Phi) is 22.9. The molecule has 51 heavy (non-hydrogen) atoms. The number of fused-ring (bicyclic) bond motifs is 1. The summed E-state index contributed by atoms with van der Waals surface area (Å²) < 4.78 is 4.57. The fourth-order valence-corrected chi connectivity index (χ4v) is 4.65. The summed E-state index contributed by atoms with van der Waals surface area (Å²) >= 11 is 1.86. The number of nitro benzene ring substituents is 2. The van der Waals surface area contributed by atoms with Crippen LogP contribution in [0.4, 0.5) is 11.4 Å². The van der Waals surface area contributed by atoms with E-state index in [-0.39, 0.29) is 42.7 Å². The second-order valence-corrected chi connectivity index (χ2v) is 12.7. The number of non-ortho nitro benzene ring substituents is 1. The van der Waals surface area contributed by atoms with Crippen LogP contribution in [0.15, 0.2) is 60.7 Å². The molecule has 0 saturated carbocycles. The summed E-state index contributed by atoms with van der Waals surface area (Å²) in [6, 6.07) is 17.5. The molecule has 2 N–H and O–H groups in total. The topological polar surface area (TPSA) is 174 Å². The van der Waals surface area contributed by atoms with Gasteiger partial charge in [-0.25, -0.2) is 0 Å². The van der Waals surface area contributed by atoms with Crippen LogP contribution in [-0.2, 0) is 32.1 Å². The third-order valence-electron chi connectivity index (χ3n) is 7.66. The van der Waals surface area contributed by atoms with E-state index >= 15 is 0 Å². The maximum Gasteiger partial charge on any atom is 0.325 e. The molecule has 0 aliphatic heterocycles. The van der Waals surface area contributed by atoms with Gasteiger partial charge >= 0.3 is 5.97 Å². The van der Waals surface area contributed by atoms with E-state index in [0.29, 0.717) is 50.9 Å². The number of aryl methyl sites for hydroxylation is 1. The molecule has 3 aromatic rings. The third kappa shape index (κ3) is 18.3. The van der Waals surface area contributed by atoms with Gasteiger partial charge in [0.05, 0.1) is 29.6 Å². The number of nitro groups is 2. The van der Waals surface area contributed by atoms with E-state index < -0.39 is 15.8 Å². The highest BCUT2D eigenvalue weighted by Gasteiger charge is 2.19. The molecule has 280 valence electrons. The van der Waals surface area contributed by atoms with Crippen LogP contribution in [0.25, 0.3) is 10.8 Å². The molecule has 0 heterocycles. The molecule has 0 bridgehead atoms. The molecule has 2 amide bonds. The van der Waals surface area contributed by atoms with Crippen molar-refractivity contribution in [3.05, 3.63) is 92.0 Å². The largest absolute Gasteiger partial charge is 0.468 e. The highest BCUT2D eigenvalue weighted by molar-refractivity contribution is 7.98. The van der Waals surface area contributed by atoms with Crippen molar-refractivity contribution < 1.29 is 29.0 Å². The Bertz CT molecular complexity index is 1520. The lowest BCUT2D eigenvalue weighted by Gasteiger charge is -2.23. The lowest BCUT2D eigenvalue weighted by Crippen LogP contribution is -2.42. The van der Waals surface area contributed by atoms with Crippen LogP contribution in [0.1, 0.15) is 70.4 Å². The van der Waals surface area contributed by atoms with Gasteiger partial charge in [0, 0.05) is 37.7 Å². The second kappa shape index (κ2) is 26.3. The van der Waals surface area contributed by atoms with Gasteiger partial charge in [0.1, 0.15) is 6.54 Å². The number of ether oxygens (including phenoxy) is 1. The molecule has 0 aliphatic rings. The van der Waals surface area contributed by atoms with Gasteiger partial charge in [-0.15, -0.1) is 0 Å². The minimum Gasteiger partial charge on any atom is -0.468 e. The Morgan fingerprint density at radius 3 is 2.16 bits per heavy atom. The zero-order chi connectivity index (χ0) is 38.0. The number of thioether (sulfide) groups is 1. The maximum absolute atomic E-state index is 12.5. The maximum atomic E-state index is 12.5. The predicted molar refractivity (Wildman–Crippen MR) is 204 cm³/mol. The smallest absolute Gasteiger partial charge is 0.325 e. The van der Waals surface area contributed by atoms with Gasteiger partial charge in [-0.3, -0.25) is 39.5 Å². The van der Waals surface area contributed by atoms with Crippen molar-refractivity contribution in [2.45, 2.75) is 72.3 Å². The minimum atomic E-state index is -0.668. The number of hydrogen-bond donors (Lipinski definition) is 2. The molecule has 0 atom stereocenters. The van der Waals surface area contributed by atoms with Gasteiger partial charge in [0.15, 0.2) is 0 Å². The number of hydrogen-bond acceptors (Lipinski definition) is 10. The number of rotatable bonds is 19. The molecule has 3 aromatic carbocycles. The average Bonchev–Trinajstić information content (AvgIpc) is 3.13. The number of carbonyl (C=O) groups is 3. The molecule has 14 heteroatoms. The Labute approximate surface area is 305 Å². The Balaban J connectivity index is 0.00000147. The fourth-order valence-electron chi connectivity index (χ4n) is 4.65. The number of esters is 1. The van der Waals surface area contributed by atoms with Crippen molar-refractivity contribution in [2.24, 2.45) is 0 Å².